The van der Waals surface area contributed by atoms with Gasteiger partial charge < -0.3 is 4.90 Å². The third kappa shape index (κ3) is 3.75. The standard InChI is InChI=1S/C15H21N2/c1-5-9-16(10-6-2)14-13-15(14)17(11-7-3)12-8-4/h5-8,14H,1-4,9-12H2. The van der Waals surface area contributed by atoms with Gasteiger partial charge in [-0.15, -0.1) is 26.3 Å². The van der Waals surface area contributed by atoms with Crippen molar-refractivity contribution in [2.24, 2.45) is 0 Å². The van der Waals surface area contributed by atoms with Gasteiger partial charge in [-0.1, -0.05) is 24.3 Å². The van der Waals surface area contributed by atoms with Crippen LogP contribution in [-0.2, 0) is 0 Å². The molecule has 0 aliphatic heterocycles. The van der Waals surface area contributed by atoms with Gasteiger partial charge in [-0.2, -0.15) is 0 Å². The Kier molecular flexibility index (Phi) is 5.50. The Balaban J connectivity index is 2.54. The molecule has 1 rings (SSSR count). The molecule has 17 heavy (non-hydrogen) atoms. The average Bonchev–Trinajstić information content (AvgIpc) is 3.08. The topological polar surface area (TPSA) is 6.48 Å². The van der Waals surface area contributed by atoms with Crippen LogP contribution in [0.3, 0.4) is 0 Å². The Morgan fingerprint density at radius 3 is 1.76 bits per heavy atom. The lowest BCUT2D eigenvalue weighted by Gasteiger charge is -2.24. The van der Waals surface area contributed by atoms with Gasteiger partial charge >= 0.3 is 0 Å². The van der Waals surface area contributed by atoms with Crippen molar-refractivity contribution in [1.82, 2.24) is 9.80 Å². The summed E-state index contributed by atoms with van der Waals surface area (Å²) in [5, 5.41) is 0. The fourth-order valence-corrected chi connectivity index (χ4v) is 1.83. The van der Waals surface area contributed by atoms with Gasteiger partial charge in [0.2, 0.25) is 0 Å². The molecule has 1 radical (unpaired) electrons. The molecule has 0 heterocycles. The van der Waals surface area contributed by atoms with Crippen LogP contribution in [0.25, 0.3) is 0 Å². The van der Waals surface area contributed by atoms with Gasteiger partial charge in [0, 0.05) is 38.0 Å². The third-order valence-electron chi connectivity index (χ3n) is 2.59. The van der Waals surface area contributed by atoms with Gasteiger partial charge in [0.15, 0.2) is 0 Å². The predicted molar refractivity (Wildman–Crippen MR) is 74.5 cm³/mol. The molecule has 1 atom stereocenters. The van der Waals surface area contributed by atoms with Crippen molar-refractivity contribution in [1.29, 1.82) is 0 Å². The molecule has 2 nitrogen and oxygen atoms in total. The first-order chi connectivity index (χ1) is 8.28. The van der Waals surface area contributed by atoms with Crippen molar-refractivity contribution in [3.05, 3.63) is 62.4 Å². The smallest absolute Gasteiger partial charge is 0.0783 e. The predicted octanol–water partition coefficient (Wildman–Crippen LogP) is 2.40. The summed E-state index contributed by atoms with van der Waals surface area (Å²) in [6.45, 7) is 18.5. The minimum absolute atomic E-state index is 0.297. The average molecular weight is 229 g/mol. The van der Waals surface area contributed by atoms with Crippen molar-refractivity contribution in [3.63, 3.8) is 0 Å². The molecule has 2 heteroatoms. The zero-order valence-electron chi connectivity index (χ0n) is 10.4. The summed E-state index contributed by atoms with van der Waals surface area (Å²) in [6, 6.07) is 0.297. The second kappa shape index (κ2) is 6.92. The molecule has 1 aliphatic carbocycles. The Morgan fingerprint density at radius 2 is 1.35 bits per heavy atom. The van der Waals surface area contributed by atoms with Crippen LogP contribution in [0.1, 0.15) is 0 Å². The minimum atomic E-state index is 0.297. The summed E-state index contributed by atoms with van der Waals surface area (Å²) >= 11 is 0. The first-order valence-electron chi connectivity index (χ1n) is 5.84. The van der Waals surface area contributed by atoms with E-state index in [0.29, 0.717) is 6.04 Å². The van der Waals surface area contributed by atoms with Crippen LogP contribution in [0.2, 0.25) is 0 Å². The van der Waals surface area contributed by atoms with E-state index in [0.717, 1.165) is 26.2 Å². The highest BCUT2D eigenvalue weighted by Gasteiger charge is 2.34. The Bertz CT molecular complexity index is 308. The zero-order valence-corrected chi connectivity index (χ0v) is 10.4. The van der Waals surface area contributed by atoms with Crippen molar-refractivity contribution in [3.8, 4) is 0 Å². The van der Waals surface area contributed by atoms with Crippen LogP contribution < -0.4 is 0 Å². The highest BCUT2D eigenvalue weighted by atomic mass is 15.3. The maximum absolute atomic E-state index is 3.78. The summed E-state index contributed by atoms with van der Waals surface area (Å²) in [5.74, 6) is 0. The first kappa shape index (κ1) is 13.5. The van der Waals surface area contributed by atoms with E-state index in [4.69, 9.17) is 0 Å². The lowest BCUT2D eigenvalue weighted by atomic mass is 10.3. The fourth-order valence-electron chi connectivity index (χ4n) is 1.83. The molecule has 1 aliphatic rings. The Morgan fingerprint density at radius 1 is 0.882 bits per heavy atom. The minimum Gasteiger partial charge on any atom is -0.366 e. The third-order valence-corrected chi connectivity index (χ3v) is 2.59. The summed E-state index contributed by atoms with van der Waals surface area (Å²) in [4.78, 5) is 4.50. The zero-order chi connectivity index (χ0) is 12.7. The lowest BCUT2D eigenvalue weighted by Crippen LogP contribution is -2.32. The molecular weight excluding hydrogens is 208 g/mol. The van der Waals surface area contributed by atoms with Gasteiger partial charge in [0.05, 0.1) is 6.04 Å². The molecule has 0 aromatic carbocycles. The van der Waals surface area contributed by atoms with Gasteiger partial charge in [-0.05, 0) is 0 Å². The molecule has 91 valence electrons. The first-order valence-corrected chi connectivity index (χ1v) is 5.84. The quantitative estimate of drug-likeness (QED) is 0.531. The van der Waals surface area contributed by atoms with E-state index in [1.54, 1.807) is 0 Å². The van der Waals surface area contributed by atoms with Gasteiger partial charge in [0.25, 0.3) is 0 Å². The van der Waals surface area contributed by atoms with Gasteiger partial charge in [-0.25, -0.2) is 0 Å². The van der Waals surface area contributed by atoms with Crippen molar-refractivity contribution >= 4 is 0 Å². The van der Waals surface area contributed by atoms with Crippen molar-refractivity contribution < 1.29 is 0 Å². The molecule has 1 unspecified atom stereocenters. The maximum Gasteiger partial charge on any atom is 0.0783 e. The molecule has 0 bridgehead atoms. The van der Waals surface area contributed by atoms with E-state index in [9.17, 15) is 0 Å². The molecule has 0 aromatic heterocycles. The van der Waals surface area contributed by atoms with Crippen LogP contribution in [0.15, 0.2) is 56.3 Å². The molecule has 0 N–H and O–H groups in total. The van der Waals surface area contributed by atoms with E-state index in [1.165, 1.54) is 5.70 Å². The van der Waals surface area contributed by atoms with Crippen LogP contribution in [0.4, 0.5) is 0 Å². The monoisotopic (exact) mass is 229 g/mol. The summed E-state index contributed by atoms with van der Waals surface area (Å²) in [6.07, 6.45) is 11.0. The van der Waals surface area contributed by atoms with Crippen LogP contribution in [-0.4, -0.2) is 42.0 Å². The lowest BCUT2D eigenvalue weighted by molar-refractivity contribution is 0.301. The van der Waals surface area contributed by atoms with Crippen LogP contribution in [0, 0.1) is 6.08 Å². The summed E-state index contributed by atoms with van der Waals surface area (Å²) < 4.78 is 0. The highest BCUT2D eigenvalue weighted by Crippen LogP contribution is 2.28. The van der Waals surface area contributed by atoms with Crippen LogP contribution >= 0.6 is 0 Å². The van der Waals surface area contributed by atoms with E-state index < -0.39 is 0 Å². The van der Waals surface area contributed by atoms with Gasteiger partial charge in [-0.3, -0.25) is 4.90 Å². The Hall–Kier alpha value is -1.54. The van der Waals surface area contributed by atoms with Crippen molar-refractivity contribution in [2.45, 2.75) is 6.04 Å². The van der Waals surface area contributed by atoms with Gasteiger partial charge in [0.1, 0.15) is 0 Å². The van der Waals surface area contributed by atoms with E-state index in [1.807, 2.05) is 24.3 Å². The molecule has 0 saturated carbocycles. The number of hydrogen-bond donors (Lipinski definition) is 0. The molecule has 0 saturated heterocycles. The molecular formula is C15H21N2. The molecule has 0 amide bonds. The fraction of sp³-hybridized carbons (Fsp3) is 0.333. The largest absolute Gasteiger partial charge is 0.366 e. The van der Waals surface area contributed by atoms with E-state index in [2.05, 4.69) is 42.2 Å². The maximum atomic E-state index is 3.78. The van der Waals surface area contributed by atoms with E-state index in [-0.39, 0.29) is 0 Å². The summed E-state index contributed by atoms with van der Waals surface area (Å²) in [5.41, 5.74) is 1.23. The van der Waals surface area contributed by atoms with Crippen LogP contribution in [0.5, 0.6) is 0 Å². The second-order valence-electron chi connectivity index (χ2n) is 3.95. The van der Waals surface area contributed by atoms with E-state index >= 15 is 0 Å². The second-order valence-corrected chi connectivity index (χ2v) is 3.95. The normalized spacial score (nSPS) is 17.2. The SMILES string of the molecule is C=CCN(CC=C)C1=[C]C1N(CC=C)CC=C. The highest BCUT2D eigenvalue weighted by molar-refractivity contribution is 5.29. The molecule has 0 fully saturated rings. The Labute approximate surface area is 105 Å². The summed E-state index contributed by atoms with van der Waals surface area (Å²) in [7, 11) is 0. The van der Waals surface area contributed by atoms with Crippen molar-refractivity contribution in [2.75, 3.05) is 26.2 Å². The molecule has 0 spiro atoms. The number of hydrogen-bond acceptors (Lipinski definition) is 2. The molecule has 0 aromatic rings. The number of nitrogens with zero attached hydrogens (tertiary/aromatic N) is 2. The number of rotatable bonds is 10.